The molecule has 0 aliphatic carbocycles. The lowest BCUT2D eigenvalue weighted by molar-refractivity contribution is -0.137. The fraction of sp³-hybridized carbons (Fsp3) is 0.357. The molecule has 8 heteroatoms. The van der Waals surface area contributed by atoms with Crippen LogP contribution in [0.1, 0.15) is 25.0 Å². The number of halogens is 3. The number of thiocarbonyl (C=S) groups is 1. The van der Waals surface area contributed by atoms with Crippen molar-refractivity contribution in [3.8, 4) is 6.07 Å². The highest BCUT2D eigenvalue weighted by Crippen LogP contribution is 2.42. The van der Waals surface area contributed by atoms with E-state index in [1.54, 1.807) is 31.9 Å². The summed E-state index contributed by atoms with van der Waals surface area (Å²) < 4.78 is 40.2. The van der Waals surface area contributed by atoms with Gasteiger partial charge in [0.2, 0.25) is 0 Å². The van der Waals surface area contributed by atoms with E-state index in [0.717, 1.165) is 11.0 Å². The average molecular weight is 326 g/mol. The van der Waals surface area contributed by atoms with Crippen LogP contribution in [0.2, 0.25) is 0 Å². The summed E-state index contributed by atoms with van der Waals surface area (Å²) in [5, 5.41) is 17.2. The largest absolute Gasteiger partial charge is 0.419 e. The Morgan fingerprint density at radius 2 is 1.91 bits per heavy atom. The Hall–Kier alpha value is -2.14. The van der Waals surface area contributed by atoms with Crippen LogP contribution in [0.25, 0.3) is 0 Å². The second-order valence-electron chi connectivity index (χ2n) is 5.39. The Labute approximate surface area is 131 Å². The average Bonchev–Trinajstić information content (AvgIpc) is 2.58. The fourth-order valence-corrected chi connectivity index (χ4v) is 2.68. The SMILES string of the molecule is CN1C(=S)N(c2cccc(C#N)c2C(F)(F)F)C(=N)C1(C)C. The van der Waals surface area contributed by atoms with Crippen molar-refractivity contribution in [2.75, 3.05) is 11.9 Å². The van der Waals surface area contributed by atoms with Crippen molar-refractivity contribution in [2.24, 2.45) is 0 Å². The summed E-state index contributed by atoms with van der Waals surface area (Å²) >= 11 is 5.19. The van der Waals surface area contributed by atoms with Crippen LogP contribution in [0.3, 0.4) is 0 Å². The van der Waals surface area contributed by atoms with Gasteiger partial charge in [0.05, 0.1) is 28.4 Å². The monoisotopic (exact) mass is 326 g/mol. The first kappa shape index (κ1) is 16.2. The smallest absolute Gasteiger partial charge is 0.339 e. The minimum atomic E-state index is -4.72. The van der Waals surface area contributed by atoms with Crippen LogP contribution in [0, 0.1) is 16.7 Å². The maximum Gasteiger partial charge on any atom is 0.419 e. The molecule has 1 N–H and O–H groups in total. The first-order chi connectivity index (χ1) is 10.0. The van der Waals surface area contributed by atoms with Gasteiger partial charge < -0.3 is 4.90 Å². The lowest BCUT2D eigenvalue weighted by Crippen LogP contribution is -2.41. The molecular formula is C14H13F3N4S. The maximum absolute atomic E-state index is 13.4. The van der Waals surface area contributed by atoms with E-state index in [2.05, 4.69) is 0 Å². The minimum Gasteiger partial charge on any atom is -0.339 e. The predicted molar refractivity (Wildman–Crippen MR) is 80.8 cm³/mol. The molecule has 1 aliphatic rings. The van der Waals surface area contributed by atoms with Crippen molar-refractivity contribution >= 4 is 28.9 Å². The van der Waals surface area contributed by atoms with Gasteiger partial charge in [-0.1, -0.05) is 6.07 Å². The van der Waals surface area contributed by atoms with Gasteiger partial charge in [-0.3, -0.25) is 10.3 Å². The highest BCUT2D eigenvalue weighted by Gasteiger charge is 2.47. The maximum atomic E-state index is 13.4. The number of nitriles is 1. The lowest BCUT2D eigenvalue weighted by atomic mass is 10.0. The van der Waals surface area contributed by atoms with Crippen LogP contribution in [0.4, 0.5) is 18.9 Å². The number of amidine groups is 1. The molecule has 0 atom stereocenters. The number of hydrogen-bond donors (Lipinski definition) is 1. The molecule has 22 heavy (non-hydrogen) atoms. The highest BCUT2D eigenvalue weighted by molar-refractivity contribution is 7.80. The Balaban J connectivity index is 2.72. The molecular weight excluding hydrogens is 313 g/mol. The van der Waals surface area contributed by atoms with Crippen LogP contribution in [0.5, 0.6) is 0 Å². The van der Waals surface area contributed by atoms with Gasteiger partial charge in [-0.05, 0) is 38.2 Å². The summed E-state index contributed by atoms with van der Waals surface area (Å²) in [4.78, 5) is 2.63. The second-order valence-corrected chi connectivity index (χ2v) is 5.76. The molecule has 0 saturated carbocycles. The molecule has 0 radical (unpaired) electrons. The van der Waals surface area contributed by atoms with Gasteiger partial charge >= 0.3 is 6.18 Å². The normalized spacial score (nSPS) is 17.9. The third-order valence-corrected chi connectivity index (χ3v) is 4.26. The van der Waals surface area contributed by atoms with Crippen LogP contribution >= 0.6 is 12.2 Å². The van der Waals surface area contributed by atoms with Crippen LogP contribution in [-0.4, -0.2) is 28.4 Å². The van der Waals surface area contributed by atoms with Gasteiger partial charge in [0.15, 0.2) is 5.11 Å². The van der Waals surface area contributed by atoms with Crippen molar-refractivity contribution in [1.29, 1.82) is 10.7 Å². The molecule has 1 heterocycles. The molecule has 0 aromatic heterocycles. The summed E-state index contributed by atoms with van der Waals surface area (Å²) in [5.74, 6) is -0.0689. The number of hydrogen-bond acceptors (Lipinski definition) is 3. The molecule has 1 fully saturated rings. The fourth-order valence-electron chi connectivity index (χ4n) is 2.26. The van der Waals surface area contributed by atoms with Crippen molar-refractivity contribution < 1.29 is 13.2 Å². The van der Waals surface area contributed by atoms with Gasteiger partial charge in [-0.25, -0.2) is 0 Å². The van der Waals surface area contributed by atoms with E-state index in [1.807, 2.05) is 0 Å². The van der Waals surface area contributed by atoms with Crippen LogP contribution in [-0.2, 0) is 6.18 Å². The summed E-state index contributed by atoms with van der Waals surface area (Å²) in [5.41, 5.74) is -2.69. The highest BCUT2D eigenvalue weighted by atomic mass is 32.1. The van der Waals surface area contributed by atoms with Crippen molar-refractivity contribution in [3.05, 3.63) is 29.3 Å². The van der Waals surface area contributed by atoms with Gasteiger partial charge in [0, 0.05) is 7.05 Å². The Morgan fingerprint density at radius 1 is 1.32 bits per heavy atom. The summed E-state index contributed by atoms with van der Waals surface area (Å²) in [6, 6.07) is 5.23. The third kappa shape index (κ3) is 2.22. The molecule has 1 aromatic carbocycles. The lowest BCUT2D eigenvalue weighted by Gasteiger charge is -2.26. The molecule has 1 aromatic rings. The van der Waals surface area contributed by atoms with Crippen LogP contribution in [0.15, 0.2) is 18.2 Å². The Bertz CT molecular complexity index is 703. The molecule has 0 spiro atoms. The van der Waals surface area contributed by atoms with E-state index in [-0.39, 0.29) is 16.6 Å². The molecule has 0 bridgehead atoms. The van der Waals surface area contributed by atoms with Crippen LogP contribution < -0.4 is 4.90 Å². The Kier molecular flexibility index (Phi) is 3.65. The van der Waals surface area contributed by atoms with Gasteiger partial charge in [0.25, 0.3) is 0 Å². The van der Waals surface area contributed by atoms with E-state index in [4.69, 9.17) is 22.9 Å². The molecule has 1 saturated heterocycles. The zero-order valence-electron chi connectivity index (χ0n) is 12.1. The molecule has 2 rings (SSSR count). The first-order valence-corrected chi connectivity index (χ1v) is 6.71. The molecule has 4 nitrogen and oxygen atoms in total. The number of likely N-dealkylation sites (N-methyl/N-ethyl adjacent to an activating group) is 1. The number of alkyl halides is 3. The van der Waals surface area contributed by atoms with Crippen molar-refractivity contribution in [1.82, 2.24) is 4.90 Å². The second kappa shape index (κ2) is 4.95. The number of rotatable bonds is 1. The van der Waals surface area contributed by atoms with Gasteiger partial charge in [0.1, 0.15) is 5.84 Å². The number of nitrogens with one attached hydrogen (secondary N) is 1. The zero-order valence-corrected chi connectivity index (χ0v) is 12.9. The third-order valence-electron chi connectivity index (χ3n) is 3.81. The van der Waals surface area contributed by atoms with E-state index in [9.17, 15) is 13.2 Å². The number of anilines is 1. The number of benzene rings is 1. The van der Waals surface area contributed by atoms with Gasteiger partial charge in [-0.2, -0.15) is 18.4 Å². The summed E-state index contributed by atoms with van der Waals surface area (Å²) in [6.07, 6.45) is -4.72. The van der Waals surface area contributed by atoms with Crippen molar-refractivity contribution in [2.45, 2.75) is 25.6 Å². The molecule has 1 aliphatic heterocycles. The van der Waals surface area contributed by atoms with E-state index in [0.29, 0.717) is 0 Å². The molecule has 0 unspecified atom stereocenters. The topological polar surface area (TPSA) is 54.1 Å². The Morgan fingerprint density at radius 3 is 2.32 bits per heavy atom. The van der Waals surface area contributed by atoms with E-state index in [1.165, 1.54) is 12.1 Å². The first-order valence-electron chi connectivity index (χ1n) is 6.30. The quantitative estimate of drug-likeness (QED) is 0.804. The van der Waals surface area contributed by atoms with Gasteiger partial charge in [-0.15, -0.1) is 0 Å². The van der Waals surface area contributed by atoms with Crippen molar-refractivity contribution in [3.63, 3.8) is 0 Å². The summed E-state index contributed by atoms with van der Waals surface area (Å²) in [6.45, 7) is 3.39. The van der Waals surface area contributed by atoms with E-state index >= 15 is 0 Å². The molecule has 116 valence electrons. The zero-order chi connectivity index (χ0) is 16.9. The predicted octanol–water partition coefficient (Wildman–Crippen LogP) is 3.37. The number of nitrogens with zero attached hydrogens (tertiary/aromatic N) is 3. The van der Waals surface area contributed by atoms with E-state index < -0.39 is 22.8 Å². The standard InChI is InChI=1S/C14H13F3N4S/c1-13(2)11(19)21(12(22)20(13)3)9-6-4-5-8(7-18)10(9)14(15,16)17/h4-6,19H,1-3H3. The minimum absolute atomic E-state index is 0.0689. The molecule has 0 amide bonds. The summed E-state index contributed by atoms with van der Waals surface area (Å²) in [7, 11) is 1.62.